The van der Waals surface area contributed by atoms with Crippen molar-refractivity contribution in [3.05, 3.63) is 65.5 Å². The lowest BCUT2D eigenvalue weighted by atomic mass is 9.83. The van der Waals surface area contributed by atoms with Gasteiger partial charge in [0.05, 0.1) is 12.1 Å². The Morgan fingerprint density at radius 3 is 2.60 bits per heavy atom. The summed E-state index contributed by atoms with van der Waals surface area (Å²) in [6.07, 6.45) is 4.15. The maximum absolute atomic E-state index is 13.7. The molecule has 0 spiro atoms. The van der Waals surface area contributed by atoms with Gasteiger partial charge in [0.15, 0.2) is 11.6 Å². The lowest BCUT2D eigenvalue weighted by molar-refractivity contribution is 0.130. The molecule has 3 heterocycles. The van der Waals surface area contributed by atoms with Crippen LogP contribution in [0.3, 0.4) is 0 Å². The van der Waals surface area contributed by atoms with E-state index in [9.17, 15) is 23.5 Å². The Labute approximate surface area is 201 Å². The molecule has 186 valence electrons. The molecule has 3 fully saturated rings. The normalized spacial score (nSPS) is 29.3. The summed E-state index contributed by atoms with van der Waals surface area (Å²) in [6.45, 7) is 0.738. The van der Waals surface area contributed by atoms with E-state index in [-0.39, 0.29) is 12.2 Å². The average molecular weight is 487 g/mol. The summed E-state index contributed by atoms with van der Waals surface area (Å²) in [6, 6.07) is 7.34. The van der Waals surface area contributed by atoms with Gasteiger partial charge in [-0.05, 0) is 55.5 Å². The largest absolute Gasteiger partial charge is 0.446 e. The minimum absolute atomic E-state index is 0.157. The second-order valence-corrected chi connectivity index (χ2v) is 9.47. The predicted molar refractivity (Wildman–Crippen MR) is 121 cm³/mol. The van der Waals surface area contributed by atoms with Crippen molar-refractivity contribution < 1.29 is 28.2 Å². The third-order valence-electron chi connectivity index (χ3n) is 7.37. The van der Waals surface area contributed by atoms with Crippen LogP contribution in [0, 0.1) is 11.6 Å². The van der Waals surface area contributed by atoms with Gasteiger partial charge in [0.1, 0.15) is 12.6 Å². The Balaban J connectivity index is 1.19. The molecule has 2 aliphatic heterocycles. The molecule has 3 amide bonds. The van der Waals surface area contributed by atoms with E-state index in [1.807, 2.05) is 18.3 Å². The fourth-order valence-corrected chi connectivity index (χ4v) is 5.45. The third kappa shape index (κ3) is 4.85. The number of aliphatic hydroxyl groups is 1. The van der Waals surface area contributed by atoms with Crippen LogP contribution < -0.4 is 5.32 Å². The summed E-state index contributed by atoms with van der Waals surface area (Å²) >= 11 is 0. The molecule has 3 aliphatic rings. The number of aliphatic hydroxyl groups excluding tert-OH is 1. The maximum atomic E-state index is 13.7. The number of pyridine rings is 1. The number of hydrogen-bond donors (Lipinski definition) is 2. The number of nitrogens with zero attached hydrogens (tertiary/aromatic N) is 3. The van der Waals surface area contributed by atoms with Gasteiger partial charge >= 0.3 is 12.1 Å². The van der Waals surface area contributed by atoms with E-state index in [0.29, 0.717) is 25.0 Å². The van der Waals surface area contributed by atoms with E-state index in [2.05, 4.69) is 21.3 Å². The van der Waals surface area contributed by atoms with E-state index in [0.717, 1.165) is 48.4 Å². The molecule has 3 atom stereocenters. The van der Waals surface area contributed by atoms with Crippen molar-refractivity contribution >= 4 is 12.1 Å². The molecule has 5 rings (SSSR count). The van der Waals surface area contributed by atoms with E-state index < -0.39 is 41.9 Å². The monoisotopic (exact) mass is 486 g/mol. The number of ether oxygens (including phenoxy) is 1. The summed E-state index contributed by atoms with van der Waals surface area (Å²) in [4.78, 5) is 32.8. The van der Waals surface area contributed by atoms with Crippen LogP contribution in [-0.4, -0.2) is 69.9 Å². The van der Waals surface area contributed by atoms with E-state index in [4.69, 9.17) is 4.74 Å². The number of carbonyl (C=O) groups excluding carboxylic acids is 2. The highest BCUT2D eigenvalue weighted by Crippen LogP contribution is 2.35. The Morgan fingerprint density at radius 2 is 1.89 bits per heavy atom. The molecule has 1 aliphatic carbocycles. The number of benzene rings is 1. The van der Waals surface area contributed by atoms with Gasteiger partial charge < -0.3 is 15.2 Å². The summed E-state index contributed by atoms with van der Waals surface area (Å²) < 4.78 is 32.1. The van der Waals surface area contributed by atoms with Crippen molar-refractivity contribution in [1.29, 1.82) is 0 Å². The molecule has 3 unspecified atom stereocenters. The van der Waals surface area contributed by atoms with Crippen molar-refractivity contribution in [3.63, 3.8) is 0 Å². The van der Waals surface area contributed by atoms with Crippen molar-refractivity contribution in [2.45, 2.75) is 55.8 Å². The topological polar surface area (TPSA) is 95.0 Å². The first-order chi connectivity index (χ1) is 16.9. The summed E-state index contributed by atoms with van der Waals surface area (Å²) in [7, 11) is 0. The van der Waals surface area contributed by atoms with Crippen LogP contribution in [0.15, 0.2) is 42.6 Å². The first-order valence-electron chi connectivity index (χ1n) is 11.9. The molecule has 10 heteroatoms. The Morgan fingerprint density at radius 1 is 1.09 bits per heavy atom. The molecular formula is C25H28F2N4O4. The van der Waals surface area contributed by atoms with Crippen molar-refractivity contribution in [3.8, 4) is 0 Å². The van der Waals surface area contributed by atoms with Gasteiger partial charge in [0.25, 0.3) is 0 Å². The van der Waals surface area contributed by atoms with Gasteiger partial charge in [-0.15, -0.1) is 0 Å². The minimum Gasteiger partial charge on any atom is -0.446 e. The zero-order chi connectivity index (χ0) is 24.5. The van der Waals surface area contributed by atoms with Gasteiger partial charge in [0, 0.05) is 36.9 Å². The molecule has 0 bridgehead atoms. The summed E-state index contributed by atoms with van der Waals surface area (Å²) in [5.41, 5.74) is 1.37. The highest BCUT2D eigenvalue weighted by molar-refractivity contribution is 5.93. The Hall–Kier alpha value is -3.11. The summed E-state index contributed by atoms with van der Waals surface area (Å²) in [5.74, 6) is -1.65. The van der Waals surface area contributed by atoms with E-state index in [1.54, 1.807) is 0 Å². The van der Waals surface area contributed by atoms with Gasteiger partial charge in [0.2, 0.25) is 0 Å². The lowest BCUT2D eigenvalue weighted by Crippen LogP contribution is -2.50. The van der Waals surface area contributed by atoms with E-state index >= 15 is 0 Å². The van der Waals surface area contributed by atoms with Crippen molar-refractivity contribution in [2.24, 2.45) is 0 Å². The van der Waals surface area contributed by atoms with Crippen LogP contribution >= 0.6 is 0 Å². The number of nitrogens with one attached hydrogen (secondary N) is 1. The van der Waals surface area contributed by atoms with Crippen LogP contribution in [0.1, 0.15) is 48.9 Å². The number of rotatable bonds is 4. The predicted octanol–water partition coefficient (Wildman–Crippen LogP) is 3.33. The fourth-order valence-electron chi connectivity index (χ4n) is 5.45. The molecule has 8 nitrogen and oxygen atoms in total. The SMILES string of the molecule is O=C(NC1CN(C2CCC(c3ccccn3)CC2)CC1O)N1C(=O)OCC1c1ccc(F)c(F)c1. The smallest absolute Gasteiger partial charge is 0.418 e. The van der Waals surface area contributed by atoms with Crippen LogP contribution in [-0.2, 0) is 4.74 Å². The fraction of sp³-hybridized carbons (Fsp3) is 0.480. The average Bonchev–Trinajstić information content (AvgIpc) is 3.44. The standard InChI is InChI=1S/C25H28F2N4O4/c26-18-9-6-16(11-19(18)27)22-14-35-25(34)31(22)24(33)29-21-12-30(13-23(21)32)17-7-4-15(5-8-17)20-3-1-2-10-28-20/h1-3,6,9-11,15,17,21-23,32H,4-5,7-8,12-14H2,(H,29,33). The molecule has 0 radical (unpaired) electrons. The molecule has 2 aromatic rings. The first kappa shape index (κ1) is 23.6. The lowest BCUT2D eigenvalue weighted by Gasteiger charge is -2.34. The Bertz CT molecular complexity index is 1080. The molecule has 2 saturated heterocycles. The molecule has 1 saturated carbocycles. The minimum atomic E-state index is -1.07. The summed E-state index contributed by atoms with van der Waals surface area (Å²) in [5, 5.41) is 13.4. The number of imide groups is 1. The second-order valence-electron chi connectivity index (χ2n) is 9.47. The number of carbonyl (C=O) groups is 2. The molecule has 1 aromatic heterocycles. The first-order valence-corrected chi connectivity index (χ1v) is 11.9. The van der Waals surface area contributed by atoms with Crippen LogP contribution in [0.5, 0.6) is 0 Å². The second kappa shape index (κ2) is 9.87. The number of urea groups is 1. The third-order valence-corrected chi connectivity index (χ3v) is 7.37. The highest BCUT2D eigenvalue weighted by atomic mass is 19.2. The zero-order valence-electron chi connectivity index (χ0n) is 19.1. The molecule has 2 N–H and O–H groups in total. The molecule has 1 aromatic carbocycles. The number of likely N-dealkylation sites (tertiary alicyclic amines) is 1. The van der Waals surface area contributed by atoms with E-state index in [1.165, 1.54) is 6.07 Å². The zero-order valence-corrected chi connectivity index (χ0v) is 19.1. The molecule has 35 heavy (non-hydrogen) atoms. The number of halogens is 2. The highest BCUT2D eigenvalue weighted by Gasteiger charge is 2.43. The van der Waals surface area contributed by atoms with Crippen LogP contribution in [0.25, 0.3) is 0 Å². The number of aromatic nitrogens is 1. The van der Waals surface area contributed by atoms with Crippen molar-refractivity contribution in [1.82, 2.24) is 20.1 Å². The van der Waals surface area contributed by atoms with Gasteiger partial charge in [-0.2, -0.15) is 0 Å². The number of cyclic esters (lactones) is 1. The Kier molecular flexibility index (Phi) is 6.66. The van der Waals surface area contributed by atoms with Gasteiger partial charge in [-0.25, -0.2) is 23.3 Å². The van der Waals surface area contributed by atoms with Gasteiger partial charge in [-0.1, -0.05) is 12.1 Å². The van der Waals surface area contributed by atoms with Crippen LogP contribution in [0.4, 0.5) is 18.4 Å². The van der Waals surface area contributed by atoms with Crippen LogP contribution in [0.2, 0.25) is 0 Å². The molecular weight excluding hydrogens is 458 g/mol. The van der Waals surface area contributed by atoms with Gasteiger partial charge in [-0.3, -0.25) is 9.88 Å². The number of amides is 3. The quantitative estimate of drug-likeness (QED) is 0.689. The van der Waals surface area contributed by atoms with Crippen molar-refractivity contribution in [2.75, 3.05) is 19.7 Å². The number of β-amino-alcohol motifs (C(OH)–C–C–N with tert-alkyl or cyclic N) is 1. The maximum Gasteiger partial charge on any atom is 0.418 e. The number of hydrogen-bond acceptors (Lipinski definition) is 6.